The Morgan fingerprint density at radius 3 is 3.08 bits per heavy atom. The largest absolute Gasteiger partial charge is 0.480 e. The minimum atomic E-state index is -0.109. The molecule has 2 aromatic rings. The summed E-state index contributed by atoms with van der Waals surface area (Å²) in [7, 11) is 0. The number of hydrogen-bond donors (Lipinski definition) is 1. The molecule has 7 nitrogen and oxygen atoms in total. The summed E-state index contributed by atoms with van der Waals surface area (Å²) in [6, 6.07) is 3.71. The molecule has 1 fully saturated rings. The molecule has 1 aliphatic rings. The van der Waals surface area contributed by atoms with Crippen LogP contribution in [0.1, 0.15) is 12.1 Å². The first-order chi connectivity index (χ1) is 11.7. The van der Waals surface area contributed by atoms with Crippen LogP contribution in [0.4, 0.5) is 0 Å². The third-order valence-corrected chi connectivity index (χ3v) is 4.00. The molecule has 0 aliphatic carbocycles. The van der Waals surface area contributed by atoms with Gasteiger partial charge < -0.3 is 19.2 Å². The van der Waals surface area contributed by atoms with Crippen molar-refractivity contribution in [2.75, 3.05) is 46.0 Å². The van der Waals surface area contributed by atoms with Gasteiger partial charge in [0.25, 0.3) is 5.91 Å². The SMILES string of the molecule is Cc1cn2cccc(OCC(=O)NCCCN3CCOCC3)c2n1. The molecule has 1 saturated heterocycles. The second-order valence-electron chi connectivity index (χ2n) is 5.93. The molecule has 3 heterocycles. The van der Waals surface area contributed by atoms with Crippen molar-refractivity contribution in [3.8, 4) is 5.75 Å². The van der Waals surface area contributed by atoms with E-state index >= 15 is 0 Å². The number of aromatic nitrogens is 2. The standard InChI is InChI=1S/C17H24N4O3/c1-14-12-21-7-2-4-15(17(21)19-14)24-13-16(22)18-5-3-6-20-8-10-23-11-9-20/h2,4,7,12H,3,5-6,8-11,13H2,1H3,(H,18,22). The number of amides is 1. The molecule has 1 amide bonds. The van der Waals surface area contributed by atoms with E-state index in [4.69, 9.17) is 9.47 Å². The van der Waals surface area contributed by atoms with Crippen molar-refractivity contribution in [2.45, 2.75) is 13.3 Å². The van der Waals surface area contributed by atoms with Crippen LogP contribution in [-0.4, -0.2) is 66.2 Å². The van der Waals surface area contributed by atoms with Crippen molar-refractivity contribution in [2.24, 2.45) is 0 Å². The topological polar surface area (TPSA) is 68.1 Å². The van der Waals surface area contributed by atoms with Gasteiger partial charge in [0.15, 0.2) is 18.0 Å². The Morgan fingerprint density at radius 1 is 1.42 bits per heavy atom. The van der Waals surface area contributed by atoms with E-state index in [0.29, 0.717) is 12.3 Å². The first kappa shape index (κ1) is 16.7. The second kappa shape index (κ2) is 8.12. The molecule has 7 heteroatoms. The molecule has 3 rings (SSSR count). The highest BCUT2D eigenvalue weighted by atomic mass is 16.5. The van der Waals surface area contributed by atoms with Crippen LogP contribution in [0.2, 0.25) is 0 Å². The molecule has 0 spiro atoms. The van der Waals surface area contributed by atoms with E-state index in [1.54, 1.807) is 0 Å². The van der Waals surface area contributed by atoms with Gasteiger partial charge in [0, 0.05) is 32.0 Å². The third-order valence-electron chi connectivity index (χ3n) is 4.00. The number of fused-ring (bicyclic) bond motifs is 1. The summed E-state index contributed by atoms with van der Waals surface area (Å²) in [5.74, 6) is 0.510. The molecule has 24 heavy (non-hydrogen) atoms. The second-order valence-corrected chi connectivity index (χ2v) is 5.93. The number of imidazole rings is 1. The van der Waals surface area contributed by atoms with Gasteiger partial charge in [-0.3, -0.25) is 9.69 Å². The van der Waals surface area contributed by atoms with Gasteiger partial charge in [-0.15, -0.1) is 0 Å². The molecule has 0 aromatic carbocycles. The number of carbonyl (C=O) groups is 1. The van der Waals surface area contributed by atoms with Crippen molar-refractivity contribution >= 4 is 11.6 Å². The van der Waals surface area contributed by atoms with Crippen molar-refractivity contribution in [1.82, 2.24) is 19.6 Å². The molecule has 0 bridgehead atoms. The lowest BCUT2D eigenvalue weighted by Gasteiger charge is -2.26. The number of hydrogen-bond acceptors (Lipinski definition) is 5. The summed E-state index contributed by atoms with van der Waals surface area (Å²) in [6.45, 7) is 7.14. The number of aryl methyl sites for hydroxylation is 1. The zero-order valence-corrected chi connectivity index (χ0v) is 14.0. The Balaban J connectivity index is 1.38. The summed E-state index contributed by atoms with van der Waals surface area (Å²) in [5, 5.41) is 2.90. The van der Waals surface area contributed by atoms with Gasteiger partial charge in [-0.1, -0.05) is 0 Å². The van der Waals surface area contributed by atoms with Crippen LogP contribution in [-0.2, 0) is 9.53 Å². The van der Waals surface area contributed by atoms with Crippen LogP contribution in [0.15, 0.2) is 24.5 Å². The Hall–Kier alpha value is -2.12. The fraction of sp³-hybridized carbons (Fsp3) is 0.529. The molecule has 0 unspecified atom stereocenters. The number of nitrogens with one attached hydrogen (secondary N) is 1. The molecule has 0 atom stereocenters. The number of nitrogens with zero attached hydrogens (tertiary/aromatic N) is 3. The summed E-state index contributed by atoms with van der Waals surface area (Å²) in [4.78, 5) is 18.7. The Bertz CT molecular complexity index is 680. The van der Waals surface area contributed by atoms with Crippen molar-refractivity contribution < 1.29 is 14.3 Å². The highest BCUT2D eigenvalue weighted by molar-refractivity contribution is 5.77. The lowest BCUT2D eigenvalue weighted by atomic mass is 10.3. The fourth-order valence-electron chi connectivity index (χ4n) is 2.77. The van der Waals surface area contributed by atoms with Gasteiger partial charge in [-0.25, -0.2) is 4.98 Å². The molecular weight excluding hydrogens is 308 g/mol. The molecule has 0 radical (unpaired) electrons. The molecule has 1 aliphatic heterocycles. The predicted octanol–water partition coefficient (Wildman–Crippen LogP) is 0.860. The first-order valence-electron chi connectivity index (χ1n) is 8.36. The van der Waals surface area contributed by atoms with E-state index < -0.39 is 0 Å². The van der Waals surface area contributed by atoms with Crippen molar-refractivity contribution in [3.63, 3.8) is 0 Å². The molecule has 2 aromatic heterocycles. The quantitative estimate of drug-likeness (QED) is 0.762. The van der Waals surface area contributed by atoms with E-state index in [2.05, 4.69) is 15.2 Å². The maximum absolute atomic E-state index is 11.9. The highest BCUT2D eigenvalue weighted by Crippen LogP contribution is 2.18. The Labute approximate surface area is 141 Å². The summed E-state index contributed by atoms with van der Waals surface area (Å²) in [6.07, 6.45) is 4.77. The number of morpholine rings is 1. The zero-order valence-electron chi connectivity index (χ0n) is 14.0. The smallest absolute Gasteiger partial charge is 0.257 e. The minimum absolute atomic E-state index is 0.00311. The summed E-state index contributed by atoms with van der Waals surface area (Å²) in [5.41, 5.74) is 1.65. The van der Waals surface area contributed by atoms with Crippen molar-refractivity contribution in [3.05, 3.63) is 30.2 Å². The van der Waals surface area contributed by atoms with Crippen LogP contribution in [0, 0.1) is 6.92 Å². The van der Waals surface area contributed by atoms with Gasteiger partial charge in [0.05, 0.1) is 18.9 Å². The van der Waals surface area contributed by atoms with E-state index in [1.165, 1.54) is 0 Å². The molecular formula is C17H24N4O3. The maximum atomic E-state index is 11.9. The van der Waals surface area contributed by atoms with Crippen LogP contribution < -0.4 is 10.1 Å². The van der Waals surface area contributed by atoms with Crippen LogP contribution in [0.25, 0.3) is 5.65 Å². The molecule has 0 saturated carbocycles. The van der Waals surface area contributed by atoms with Gasteiger partial charge >= 0.3 is 0 Å². The van der Waals surface area contributed by atoms with E-state index in [0.717, 1.165) is 50.6 Å². The normalized spacial score (nSPS) is 15.5. The van der Waals surface area contributed by atoms with E-state index in [1.807, 2.05) is 35.9 Å². The lowest BCUT2D eigenvalue weighted by Crippen LogP contribution is -2.38. The summed E-state index contributed by atoms with van der Waals surface area (Å²) >= 11 is 0. The van der Waals surface area contributed by atoms with Crippen LogP contribution in [0.5, 0.6) is 5.75 Å². The van der Waals surface area contributed by atoms with Crippen LogP contribution in [0.3, 0.4) is 0 Å². The van der Waals surface area contributed by atoms with Gasteiger partial charge in [0.2, 0.25) is 0 Å². The Kier molecular flexibility index (Phi) is 5.66. The number of pyridine rings is 1. The number of carbonyl (C=O) groups excluding carboxylic acids is 1. The van der Waals surface area contributed by atoms with Crippen molar-refractivity contribution in [1.29, 1.82) is 0 Å². The number of ether oxygens (including phenoxy) is 2. The molecule has 1 N–H and O–H groups in total. The van der Waals surface area contributed by atoms with Gasteiger partial charge in [-0.2, -0.15) is 0 Å². The third kappa shape index (κ3) is 4.46. The van der Waals surface area contributed by atoms with E-state index in [9.17, 15) is 4.79 Å². The Morgan fingerprint density at radius 2 is 2.25 bits per heavy atom. The van der Waals surface area contributed by atoms with Crippen LogP contribution >= 0.6 is 0 Å². The monoisotopic (exact) mass is 332 g/mol. The minimum Gasteiger partial charge on any atom is -0.480 e. The number of rotatable bonds is 7. The summed E-state index contributed by atoms with van der Waals surface area (Å²) < 4.78 is 12.8. The lowest BCUT2D eigenvalue weighted by molar-refractivity contribution is -0.123. The van der Waals surface area contributed by atoms with E-state index in [-0.39, 0.29) is 12.5 Å². The zero-order chi connectivity index (χ0) is 16.8. The van der Waals surface area contributed by atoms with Gasteiger partial charge in [-0.05, 0) is 32.0 Å². The predicted molar refractivity (Wildman–Crippen MR) is 90.3 cm³/mol. The average Bonchev–Trinajstić information content (AvgIpc) is 2.98. The first-order valence-corrected chi connectivity index (χ1v) is 8.36. The van der Waals surface area contributed by atoms with Gasteiger partial charge in [0.1, 0.15) is 0 Å². The average molecular weight is 332 g/mol. The molecule has 130 valence electrons. The highest BCUT2D eigenvalue weighted by Gasteiger charge is 2.10. The maximum Gasteiger partial charge on any atom is 0.257 e. The fourth-order valence-corrected chi connectivity index (χ4v) is 2.77.